The van der Waals surface area contributed by atoms with E-state index in [4.69, 9.17) is 4.74 Å². The molecule has 2 atom stereocenters. The van der Waals surface area contributed by atoms with Crippen molar-refractivity contribution in [2.24, 2.45) is 5.41 Å². The zero-order valence-corrected chi connectivity index (χ0v) is 13.1. The lowest BCUT2D eigenvalue weighted by Gasteiger charge is -2.20. The lowest BCUT2D eigenvalue weighted by atomic mass is 9.84. The third-order valence-electron chi connectivity index (χ3n) is 3.17. The van der Waals surface area contributed by atoms with E-state index in [-0.39, 0.29) is 29.6 Å². The maximum atomic E-state index is 11.6. The molecule has 0 radical (unpaired) electrons. The molecule has 1 amide bonds. The number of nitrogens with one attached hydrogen (secondary N) is 1. The van der Waals surface area contributed by atoms with Gasteiger partial charge in [0.2, 0.25) is 5.91 Å². The molecule has 0 aromatic rings. The molecule has 2 N–H and O–H groups in total. The molecule has 1 rings (SSSR count). The predicted molar refractivity (Wildman–Crippen MR) is 77.7 cm³/mol. The molecule has 4 nitrogen and oxygen atoms in total. The van der Waals surface area contributed by atoms with Crippen molar-refractivity contribution in [2.75, 3.05) is 25.2 Å². The third kappa shape index (κ3) is 4.33. The van der Waals surface area contributed by atoms with E-state index in [9.17, 15) is 9.90 Å². The molecule has 0 aromatic heterocycles. The maximum absolute atomic E-state index is 11.6. The van der Waals surface area contributed by atoms with Crippen LogP contribution in [-0.2, 0) is 9.53 Å². The van der Waals surface area contributed by atoms with Gasteiger partial charge in [-0.1, -0.05) is 35.4 Å². The highest BCUT2D eigenvalue weighted by Crippen LogP contribution is 2.46. The number of hydrogen-bond donors (Lipinski definition) is 2. The third-order valence-corrected chi connectivity index (χ3v) is 4.98. The predicted octanol–water partition coefficient (Wildman–Crippen LogP) is 1.68. The SMILES string of the molecule is CSSCCC(=O)NCC1(C)OC1C(C)(C)CO. The van der Waals surface area contributed by atoms with Crippen LogP contribution < -0.4 is 5.32 Å². The van der Waals surface area contributed by atoms with E-state index in [0.717, 1.165) is 5.75 Å². The molecule has 1 aliphatic heterocycles. The molecule has 18 heavy (non-hydrogen) atoms. The zero-order chi connectivity index (χ0) is 13.8. The number of epoxide rings is 1. The Kier molecular flexibility index (Phi) is 5.83. The monoisotopic (exact) mass is 293 g/mol. The summed E-state index contributed by atoms with van der Waals surface area (Å²) in [5, 5.41) is 12.2. The van der Waals surface area contributed by atoms with Gasteiger partial charge in [0.15, 0.2) is 0 Å². The van der Waals surface area contributed by atoms with E-state index in [2.05, 4.69) is 5.32 Å². The van der Waals surface area contributed by atoms with E-state index in [1.165, 1.54) is 0 Å². The van der Waals surface area contributed by atoms with Crippen LogP contribution in [0.3, 0.4) is 0 Å². The molecule has 1 heterocycles. The normalized spacial score (nSPS) is 27.1. The molecule has 0 spiro atoms. The minimum absolute atomic E-state index is 0.0101. The summed E-state index contributed by atoms with van der Waals surface area (Å²) in [6, 6.07) is 0. The van der Waals surface area contributed by atoms with Gasteiger partial charge in [-0.3, -0.25) is 4.79 Å². The summed E-state index contributed by atoms with van der Waals surface area (Å²) in [6.07, 6.45) is 2.55. The molecule has 2 unspecified atom stereocenters. The molecule has 6 heteroatoms. The molecule has 1 saturated heterocycles. The number of amides is 1. The lowest BCUT2D eigenvalue weighted by Crippen LogP contribution is -2.38. The van der Waals surface area contributed by atoms with Gasteiger partial charge < -0.3 is 15.2 Å². The molecule has 0 aromatic carbocycles. The number of rotatable bonds is 8. The summed E-state index contributed by atoms with van der Waals surface area (Å²) >= 11 is 0. The van der Waals surface area contributed by atoms with E-state index in [0.29, 0.717) is 13.0 Å². The summed E-state index contributed by atoms with van der Waals surface area (Å²) in [7, 11) is 3.36. The smallest absolute Gasteiger partial charge is 0.220 e. The van der Waals surface area contributed by atoms with Crippen LogP contribution in [0.5, 0.6) is 0 Å². The highest BCUT2D eigenvalue weighted by atomic mass is 33.1. The Morgan fingerprint density at radius 2 is 2.22 bits per heavy atom. The fourth-order valence-electron chi connectivity index (χ4n) is 2.02. The van der Waals surface area contributed by atoms with Crippen molar-refractivity contribution in [3.63, 3.8) is 0 Å². The van der Waals surface area contributed by atoms with Crippen LogP contribution in [0.15, 0.2) is 0 Å². The van der Waals surface area contributed by atoms with E-state index in [1.54, 1.807) is 21.6 Å². The molecule has 0 bridgehead atoms. The second-order valence-corrected chi connectivity index (χ2v) is 8.16. The Morgan fingerprint density at radius 3 is 2.78 bits per heavy atom. The number of aliphatic hydroxyl groups is 1. The summed E-state index contributed by atoms with van der Waals surface area (Å²) < 4.78 is 5.65. The van der Waals surface area contributed by atoms with Crippen LogP contribution in [0.4, 0.5) is 0 Å². The number of carbonyl (C=O) groups excluding carboxylic acids is 1. The first-order valence-corrected chi connectivity index (χ1v) is 8.79. The molecule has 1 fully saturated rings. The highest BCUT2D eigenvalue weighted by molar-refractivity contribution is 8.76. The molecule has 106 valence electrons. The van der Waals surface area contributed by atoms with Gasteiger partial charge in [0.25, 0.3) is 0 Å². The zero-order valence-electron chi connectivity index (χ0n) is 11.5. The van der Waals surface area contributed by atoms with Crippen molar-refractivity contribution in [1.29, 1.82) is 0 Å². The van der Waals surface area contributed by atoms with Gasteiger partial charge in [0, 0.05) is 24.1 Å². The summed E-state index contributed by atoms with van der Waals surface area (Å²) in [5.74, 6) is 0.893. The molecular formula is C12H23NO3S2. The largest absolute Gasteiger partial charge is 0.396 e. The Bertz CT molecular complexity index is 299. The summed E-state index contributed by atoms with van der Waals surface area (Å²) in [6.45, 7) is 6.53. The molecular weight excluding hydrogens is 270 g/mol. The Labute approximate surface area is 117 Å². The van der Waals surface area contributed by atoms with E-state index < -0.39 is 0 Å². The fourth-order valence-corrected chi connectivity index (χ4v) is 3.20. The van der Waals surface area contributed by atoms with Crippen molar-refractivity contribution in [1.82, 2.24) is 5.32 Å². The van der Waals surface area contributed by atoms with Gasteiger partial charge in [-0.15, -0.1) is 0 Å². The van der Waals surface area contributed by atoms with E-state index >= 15 is 0 Å². The van der Waals surface area contributed by atoms with Crippen molar-refractivity contribution in [3.8, 4) is 0 Å². The lowest BCUT2D eigenvalue weighted by molar-refractivity contribution is -0.120. The van der Waals surface area contributed by atoms with Gasteiger partial charge in [0.1, 0.15) is 5.60 Å². The number of ether oxygens (including phenoxy) is 1. The first-order valence-electron chi connectivity index (χ1n) is 6.07. The first-order chi connectivity index (χ1) is 8.35. The summed E-state index contributed by atoms with van der Waals surface area (Å²) in [5.41, 5.74) is -0.581. The second kappa shape index (κ2) is 6.50. The van der Waals surface area contributed by atoms with Gasteiger partial charge in [-0.2, -0.15) is 0 Å². The molecule has 0 saturated carbocycles. The van der Waals surface area contributed by atoms with Crippen molar-refractivity contribution in [2.45, 2.75) is 38.9 Å². The van der Waals surface area contributed by atoms with Gasteiger partial charge in [0.05, 0.1) is 12.7 Å². The van der Waals surface area contributed by atoms with Gasteiger partial charge in [-0.05, 0) is 13.2 Å². The van der Waals surface area contributed by atoms with Crippen molar-refractivity contribution in [3.05, 3.63) is 0 Å². The van der Waals surface area contributed by atoms with Crippen LogP contribution >= 0.6 is 21.6 Å². The minimum atomic E-state index is -0.325. The summed E-state index contributed by atoms with van der Waals surface area (Å²) in [4.78, 5) is 11.6. The fraction of sp³-hybridized carbons (Fsp3) is 0.917. The molecule has 1 aliphatic rings. The standard InChI is InChI=1S/C12H23NO3S2/c1-11(2,8-14)10-12(3,16-10)7-13-9(15)5-6-18-17-4/h10,14H,5-8H2,1-4H3,(H,13,15). The number of aliphatic hydroxyl groups excluding tert-OH is 1. The average Bonchev–Trinajstić information content (AvgIpc) is 3.01. The van der Waals surface area contributed by atoms with Gasteiger partial charge in [-0.25, -0.2) is 0 Å². The van der Waals surface area contributed by atoms with Crippen LogP contribution in [0.2, 0.25) is 0 Å². The first kappa shape index (κ1) is 16.1. The highest BCUT2D eigenvalue weighted by Gasteiger charge is 2.59. The number of carbonyl (C=O) groups is 1. The van der Waals surface area contributed by atoms with Crippen LogP contribution in [0, 0.1) is 5.41 Å². The Morgan fingerprint density at radius 1 is 1.56 bits per heavy atom. The minimum Gasteiger partial charge on any atom is -0.396 e. The Balaban J connectivity index is 2.26. The van der Waals surface area contributed by atoms with Crippen molar-refractivity contribution >= 4 is 27.5 Å². The maximum Gasteiger partial charge on any atom is 0.220 e. The van der Waals surface area contributed by atoms with Crippen LogP contribution in [0.1, 0.15) is 27.2 Å². The Hall–Kier alpha value is 0.0900. The quantitative estimate of drug-likeness (QED) is 0.405. The average molecular weight is 293 g/mol. The van der Waals surface area contributed by atoms with E-state index in [1.807, 2.05) is 27.0 Å². The second-order valence-electron chi connectivity index (χ2n) is 5.47. The van der Waals surface area contributed by atoms with Gasteiger partial charge >= 0.3 is 0 Å². The number of hydrogen-bond acceptors (Lipinski definition) is 5. The molecule has 0 aliphatic carbocycles. The van der Waals surface area contributed by atoms with Crippen molar-refractivity contribution < 1.29 is 14.6 Å². The topological polar surface area (TPSA) is 61.9 Å². The van der Waals surface area contributed by atoms with Crippen LogP contribution in [-0.4, -0.2) is 47.9 Å². The van der Waals surface area contributed by atoms with Crippen LogP contribution in [0.25, 0.3) is 0 Å².